The fourth-order valence-corrected chi connectivity index (χ4v) is 2.52. The number of aromatic nitrogens is 4. The second-order valence-electron chi connectivity index (χ2n) is 5.90. The first-order chi connectivity index (χ1) is 12.0. The van der Waals surface area contributed by atoms with E-state index in [1.807, 2.05) is 25.4 Å². The van der Waals surface area contributed by atoms with E-state index in [2.05, 4.69) is 20.4 Å². The van der Waals surface area contributed by atoms with E-state index in [1.54, 1.807) is 54.4 Å². The molecule has 3 heterocycles. The smallest absolute Gasteiger partial charge is 0.253 e. The maximum atomic E-state index is 12.1. The van der Waals surface area contributed by atoms with E-state index in [0.717, 1.165) is 16.8 Å². The molecular weight excluding hydrogens is 316 g/mol. The summed E-state index contributed by atoms with van der Waals surface area (Å²) in [6.07, 6.45) is 7.12. The summed E-state index contributed by atoms with van der Waals surface area (Å²) in [7, 11) is 5.34. The number of pyridine rings is 2. The number of carbonyl (C=O) groups is 1. The first-order valence-electron chi connectivity index (χ1n) is 7.89. The van der Waals surface area contributed by atoms with Crippen LogP contribution in [0.1, 0.15) is 15.9 Å². The van der Waals surface area contributed by atoms with Gasteiger partial charge in [-0.1, -0.05) is 0 Å². The quantitative estimate of drug-likeness (QED) is 0.773. The van der Waals surface area contributed by atoms with Crippen LogP contribution in [-0.4, -0.2) is 44.7 Å². The lowest BCUT2D eigenvalue weighted by atomic mass is 10.1. The molecule has 7 nitrogen and oxygen atoms in total. The summed E-state index contributed by atoms with van der Waals surface area (Å²) >= 11 is 0. The van der Waals surface area contributed by atoms with Crippen molar-refractivity contribution >= 4 is 11.7 Å². The van der Waals surface area contributed by atoms with Crippen molar-refractivity contribution in [2.24, 2.45) is 7.05 Å². The standard InChI is InChI=1S/C18H20N6O/c1-23(2)18(25)13-6-8-20-16(9-13)21-11-15-12-24(3)22-17(15)14-5-4-7-19-10-14/h4-10,12H,11H2,1-3H3,(H,20,21). The lowest BCUT2D eigenvalue weighted by Crippen LogP contribution is -2.21. The molecule has 1 amide bonds. The number of nitrogens with one attached hydrogen (secondary N) is 1. The van der Waals surface area contributed by atoms with Crippen LogP contribution in [0.3, 0.4) is 0 Å². The van der Waals surface area contributed by atoms with E-state index in [0.29, 0.717) is 17.9 Å². The molecule has 3 aromatic heterocycles. The van der Waals surface area contributed by atoms with Crippen molar-refractivity contribution in [3.05, 3.63) is 60.2 Å². The lowest BCUT2D eigenvalue weighted by Gasteiger charge is -2.11. The zero-order valence-corrected chi connectivity index (χ0v) is 14.5. The Bertz CT molecular complexity index is 872. The van der Waals surface area contributed by atoms with Crippen LogP contribution < -0.4 is 5.32 Å². The van der Waals surface area contributed by atoms with E-state index >= 15 is 0 Å². The summed E-state index contributed by atoms with van der Waals surface area (Å²) < 4.78 is 1.78. The highest BCUT2D eigenvalue weighted by molar-refractivity contribution is 5.94. The van der Waals surface area contributed by atoms with Gasteiger partial charge in [-0.05, 0) is 24.3 Å². The number of hydrogen-bond acceptors (Lipinski definition) is 5. The minimum atomic E-state index is -0.0529. The minimum absolute atomic E-state index is 0.0529. The average Bonchev–Trinajstić information content (AvgIpc) is 3.01. The molecule has 0 radical (unpaired) electrons. The number of rotatable bonds is 5. The van der Waals surface area contributed by atoms with Crippen LogP contribution in [0.25, 0.3) is 11.3 Å². The molecule has 7 heteroatoms. The van der Waals surface area contributed by atoms with Gasteiger partial charge in [0.05, 0.1) is 5.69 Å². The zero-order chi connectivity index (χ0) is 17.8. The van der Waals surface area contributed by atoms with Crippen molar-refractivity contribution in [2.45, 2.75) is 6.54 Å². The van der Waals surface area contributed by atoms with E-state index in [-0.39, 0.29) is 5.91 Å². The summed E-state index contributed by atoms with van der Waals surface area (Å²) in [5, 5.41) is 7.78. The van der Waals surface area contributed by atoms with Crippen LogP contribution in [0.2, 0.25) is 0 Å². The van der Waals surface area contributed by atoms with Gasteiger partial charge >= 0.3 is 0 Å². The Morgan fingerprint density at radius 2 is 2.12 bits per heavy atom. The van der Waals surface area contributed by atoms with E-state index in [9.17, 15) is 4.79 Å². The topological polar surface area (TPSA) is 75.9 Å². The summed E-state index contributed by atoms with van der Waals surface area (Å²) in [6.45, 7) is 0.546. The van der Waals surface area contributed by atoms with E-state index in [4.69, 9.17) is 0 Å². The first-order valence-corrected chi connectivity index (χ1v) is 7.89. The lowest BCUT2D eigenvalue weighted by molar-refractivity contribution is 0.0827. The van der Waals surface area contributed by atoms with Crippen molar-refractivity contribution in [3.8, 4) is 11.3 Å². The molecule has 0 spiro atoms. The van der Waals surface area contributed by atoms with Crippen molar-refractivity contribution < 1.29 is 4.79 Å². The molecule has 0 saturated heterocycles. The number of aryl methyl sites for hydroxylation is 1. The fourth-order valence-electron chi connectivity index (χ4n) is 2.52. The number of amides is 1. The molecular formula is C18H20N6O. The summed E-state index contributed by atoms with van der Waals surface area (Å²) in [5.74, 6) is 0.594. The molecule has 0 aliphatic heterocycles. The fraction of sp³-hybridized carbons (Fsp3) is 0.222. The van der Waals surface area contributed by atoms with Gasteiger partial charge in [-0.2, -0.15) is 5.10 Å². The molecule has 0 fully saturated rings. The third-order valence-electron chi connectivity index (χ3n) is 3.71. The molecule has 0 aromatic carbocycles. The maximum absolute atomic E-state index is 12.1. The van der Waals surface area contributed by atoms with Gasteiger partial charge in [0.25, 0.3) is 5.91 Å². The number of carbonyl (C=O) groups excluding carboxylic acids is 1. The van der Waals surface area contributed by atoms with Gasteiger partial charge in [0, 0.05) is 69.2 Å². The first kappa shape index (κ1) is 16.6. The summed E-state index contributed by atoms with van der Waals surface area (Å²) in [6, 6.07) is 7.33. The molecule has 3 rings (SSSR count). The van der Waals surface area contributed by atoms with E-state index < -0.39 is 0 Å². The molecule has 25 heavy (non-hydrogen) atoms. The number of hydrogen-bond donors (Lipinski definition) is 1. The predicted octanol–water partition coefficient (Wildman–Crippen LogP) is 2.19. The van der Waals surface area contributed by atoms with Gasteiger partial charge in [0.2, 0.25) is 0 Å². The minimum Gasteiger partial charge on any atom is -0.366 e. The predicted molar refractivity (Wildman–Crippen MR) is 96.0 cm³/mol. The highest BCUT2D eigenvalue weighted by atomic mass is 16.2. The molecule has 0 aliphatic carbocycles. The van der Waals surface area contributed by atoms with Crippen LogP contribution >= 0.6 is 0 Å². The monoisotopic (exact) mass is 336 g/mol. The maximum Gasteiger partial charge on any atom is 0.253 e. The Hall–Kier alpha value is -3.22. The summed E-state index contributed by atoms with van der Waals surface area (Å²) in [5.41, 5.74) is 3.47. The zero-order valence-electron chi connectivity index (χ0n) is 14.5. The normalized spacial score (nSPS) is 10.5. The van der Waals surface area contributed by atoms with Gasteiger partial charge in [0.15, 0.2) is 0 Å². The Morgan fingerprint density at radius 1 is 1.28 bits per heavy atom. The molecule has 1 N–H and O–H groups in total. The molecule has 128 valence electrons. The van der Waals surface area contributed by atoms with Gasteiger partial charge in [0.1, 0.15) is 5.82 Å². The second kappa shape index (κ2) is 7.12. The Morgan fingerprint density at radius 3 is 2.84 bits per heavy atom. The molecule has 3 aromatic rings. The van der Waals surface area contributed by atoms with Crippen LogP contribution in [0.5, 0.6) is 0 Å². The number of anilines is 1. The molecule has 0 bridgehead atoms. The summed E-state index contributed by atoms with van der Waals surface area (Å²) in [4.78, 5) is 22.0. The second-order valence-corrected chi connectivity index (χ2v) is 5.90. The Labute approximate surface area is 146 Å². The van der Waals surface area contributed by atoms with Gasteiger partial charge < -0.3 is 10.2 Å². The molecule has 0 saturated carbocycles. The van der Waals surface area contributed by atoms with Crippen molar-refractivity contribution in [1.29, 1.82) is 0 Å². The van der Waals surface area contributed by atoms with Crippen molar-refractivity contribution in [1.82, 2.24) is 24.6 Å². The van der Waals surface area contributed by atoms with Crippen LogP contribution in [-0.2, 0) is 13.6 Å². The highest BCUT2D eigenvalue weighted by Gasteiger charge is 2.12. The third kappa shape index (κ3) is 3.82. The SMILES string of the molecule is CN(C)C(=O)c1ccnc(NCc2cn(C)nc2-c2cccnc2)c1. The van der Waals surface area contributed by atoms with Gasteiger partial charge in [-0.15, -0.1) is 0 Å². The van der Waals surface area contributed by atoms with Crippen molar-refractivity contribution in [2.75, 3.05) is 19.4 Å². The average molecular weight is 336 g/mol. The molecule has 0 aliphatic rings. The van der Waals surface area contributed by atoms with Gasteiger partial charge in [-0.3, -0.25) is 14.5 Å². The number of nitrogens with zero attached hydrogens (tertiary/aromatic N) is 5. The van der Waals surface area contributed by atoms with Crippen LogP contribution in [0, 0.1) is 0 Å². The van der Waals surface area contributed by atoms with E-state index in [1.165, 1.54) is 0 Å². The van der Waals surface area contributed by atoms with Crippen LogP contribution in [0.15, 0.2) is 49.1 Å². The Kier molecular flexibility index (Phi) is 4.74. The van der Waals surface area contributed by atoms with Gasteiger partial charge in [-0.25, -0.2) is 4.98 Å². The third-order valence-corrected chi connectivity index (χ3v) is 3.71. The molecule has 0 unspecified atom stereocenters. The molecule has 0 atom stereocenters. The van der Waals surface area contributed by atoms with Crippen LogP contribution in [0.4, 0.5) is 5.82 Å². The Balaban J connectivity index is 1.79. The largest absolute Gasteiger partial charge is 0.366 e. The van der Waals surface area contributed by atoms with Crippen molar-refractivity contribution in [3.63, 3.8) is 0 Å². The highest BCUT2D eigenvalue weighted by Crippen LogP contribution is 2.21.